The minimum absolute atomic E-state index is 0.00765. The lowest BCUT2D eigenvalue weighted by atomic mass is 9.99. The second-order valence-electron chi connectivity index (χ2n) is 11.0. The van der Waals surface area contributed by atoms with Gasteiger partial charge in [0.25, 0.3) is 11.5 Å². The van der Waals surface area contributed by atoms with E-state index in [9.17, 15) is 14.4 Å². The van der Waals surface area contributed by atoms with Crippen LogP contribution in [0.3, 0.4) is 0 Å². The molecule has 1 unspecified atom stereocenters. The molecule has 11 heteroatoms. The first-order valence-electron chi connectivity index (χ1n) is 14.2. The van der Waals surface area contributed by atoms with E-state index in [1.807, 2.05) is 75.0 Å². The number of carbonyl (C=O) groups excluding carboxylic acids is 2. The Kier molecular flexibility index (Phi) is 8.82. The molecule has 2 aromatic carbocycles. The molecule has 0 aliphatic heterocycles. The molecular weight excluding hydrogens is 578 g/mol. The molecule has 0 spiro atoms. The third-order valence-corrected chi connectivity index (χ3v) is 7.89. The molecule has 0 aliphatic rings. The number of hydrogen-bond acceptors (Lipinski definition) is 5. The first kappa shape index (κ1) is 30.5. The fourth-order valence-electron chi connectivity index (χ4n) is 5.15. The maximum atomic E-state index is 13.7. The number of nitrogens with zero attached hydrogens (tertiary/aromatic N) is 5. The van der Waals surface area contributed by atoms with Gasteiger partial charge in [-0.25, -0.2) is 4.98 Å². The van der Waals surface area contributed by atoms with Crippen molar-refractivity contribution in [1.82, 2.24) is 29.2 Å². The minimum atomic E-state index is -0.964. The molecule has 0 saturated carbocycles. The maximum Gasteiger partial charge on any atom is 0.270 e. The molecule has 0 aliphatic carbocycles. The number of aromatic nitrogens is 5. The van der Waals surface area contributed by atoms with Crippen LogP contribution in [0.1, 0.15) is 41.6 Å². The molecule has 5 rings (SSSR count). The van der Waals surface area contributed by atoms with Crippen LogP contribution in [0, 0.1) is 6.92 Å². The summed E-state index contributed by atoms with van der Waals surface area (Å²) in [5, 5.41) is 10.3. The van der Waals surface area contributed by atoms with Crippen LogP contribution in [0.2, 0.25) is 5.02 Å². The highest BCUT2D eigenvalue weighted by Crippen LogP contribution is 2.27. The Hall–Kier alpha value is -4.96. The summed E-state index contributed by atoms with van der Waals surface area (Å²) in [7, 11) is 3.59. The third kappa shape index (κ3) is 6.50. The van der Waals surface area contributed by atoms with Crippen molar-refractivity contribution in [1.29, 1.82) is 0 Å². The second-order valence-corrected chi connectivity index (χ2v) is 11.4. The molecule has 1 atom stereocenters. The Labute approximate surface area is 260 Å². The zero-order valence-corrected chi connectivity index (χ0v) is 26.0. The SMILES string of the molecule is Cc1ncn(C)c1-c1ccc(NC(=O)C(Cc2cc(-c3ccc(=O)n(C(C)C)c3)ccc2Cl)NC(=O)c2ccnn2C)cc1. The summed E-state index contributed by atoms with van der Waals surface area (Å²) in [6.45, 7) is 5.84. The summed E-state index contributed by atoms with van der Waals surface area (Å²) in [4.78, 5) is 43.6. The van der Waals surface area contributed by atoms with Crippen LogP contribution in [-0.2, 0) is 25.3 Å². The van der Waals surface area contributed by atoms with Gasteiger partial charge in [0.1, 0.15) is 11.7 Å². The number of amides is 2. The van der Waals surface area contributed by atoms with E-state index in [0.717, 1.165) is 28.1 Å². The zero-order chi connectivity index (χ0) is 31.5. The van der Waals surface area contributed by atoms with Crippen LogP contribution in [-0.4, -0.2) is 41.8 Å². The topological polar surface area (TPSA) is 116 Å². The summed E-state index contributed by atoms with van der Waals surface area (Å²) in [5.41, 5.74) is 6.00. The Morgan fingerprint density at radius 3 is 2.30 bits per heavy atom. The Morgan fingerprint density at radius 2 is 1.66 bits per heavy atom. The van der Waals surface area contributed by atoms with Gasteiger partial charge in [-0.3, -0.25) is 19.1 Å². The average molecular weight is 612 g/mol. The van der Waals surface area contributed by atoms with E-state index in [0.29, 0.717) is 22.0 Å². The maximum absolute atomic E-state index is 13.7. The number of imidazole rings is 1. The van der Waals surface area contributed by atoms with Crippen molar-refractivity contribution in [2.45, 2.75) is 39.3 Å². The lowest BCUT2D eigenvalue weighted by Crippen LogP contribution is -2.45. The van der Waals surface area contributed by atoms with Crippen LogP contribution < -0.4 is 16.2 Å². The largest absolute Gasteiger partial charge is 0.339 e. The van der Waals surface area contributed by atoms with Gasteiger partial charge in [0.2, 0.25) is 5.91 Å². The molecule has 2 amide bonds. The molecule has 10 nitrogen and oxygen atoms in total. The molecule has 5 aromatic rings. The monoisotopic (exact) mass is 611 g/mol. The minimum Gasteiger partial charge on any atom is -0.339 e. The van der Waals surface area contributed by atoms with E-state index in [1.165, 1.54) is 16.9 Å². The molecule has 44 heavy (non-hydrogen) atoms. The van der Waals surface area contributed by atoms with Gasteiger partial charge in [0.05, 0.1) is 17.7 Å². The van der Waals surface area contributed by atoms with Crippen molar-refractivity contribution in [2.75, 3.05) is 5.32 Å². The van der Waals surface area contributed by atoms with Crippen molar-refractivity contribution >= 4 is 29.1 Å². The highest BCUT2D eigenvalue weighted by Gasteiger charge is 2.25. The van der Waals surface area contributed by atoms with E-state index in [-0.39, 0.29) is 18.0 Å². The Morgan fingerprint density at radius 1 is 0.955 bits per heavy atom. The lowest BCUT2D eigenvalue weighted by molar-refractivity contribution is -0.118. The number of benzene rings is 2. The molecule has 226 valence electrons. The summed E-state index contributed by atoms with van der Waals surface area (Å²) in [6, 6.07) is 16.9. The van der Waals surface area contributed by atoms with Crippen LogP contribution in [0.5, 0.6) is 0 Å². The third-order valence-electron chi connectivity index (χ3n) is 7.52. The molecular formula is C33H34ClN7O3. The molecule has 3 heterocycles. The van der Waals surface area contributed by atoms with Gasteiger partial charge in [-0.15, -0.1) is 0 Å². The van der Waals surface area contributed by atoms with Crippen LogP contribution in [0.15, 0.2) is 84.2 Å². The summed E-state index contributed by atoms with van der Waals surface area (Å²) in [5.74, 6) is -0.844. The van der Waals surface area contributed by atoms with Crippen LogP contribution >= 0.6 is 11.6 Å². The van der Waals surface area contributed by atoms with Crippen molar-refractivity contribution < 1.29 is 9.59 Å². The fourth-order valence-corrected chi connectivity index (χ4v) is 5.34. The number of halogens is 1. The van der Waals surface area contributed by atoms with Crippen LogP contribution in [0.4, 0.5) is 5.69 Å². The summed E-state index contributed by atoms with van der Waals surface area (Å²) in [6.07, 6.45) is 5.21. The predicted molar refractivity (Wildman–Crippen MR) is 172 cm³/mol. The summed E-state index contributed by atoms with van der Waals surface area (Å²) < 4.78 is 5.05. The molecule has 0 radical (unpaired) electrons. The first-order valence-corrected chi connectivity index (χ1v) is 14.6. The van der Waals surface area contributed by atoms with Crippen molar-refractivity contribution in [3.05, 3.63) is 112 Å². The molecule has 0 saturated heterocycles. The highest BCUT2D eigenvalue weighted by atomic mass is 35.5. The van der Waals surface area contributed by atoms with Gasteiger partial charge in [-0.05, 0) is 73.9 Å². The molecule has 0 fully saturated rings. The summed E-state index contributed by atoms with van der Waals surface area (Å²) >= 11 is 6.63. The van der Waals surface area contributed by atoms with Gasteiger partial charge in [0.15, 0.2) is 0 Å². The van der Waals surface area contributed by atoms with Gasteiger partial charge in [-0.1, -0.05) is 29.8 Å². The molecule has 0 bridgehead atoms. The van der Waals surface area contributed by atoms with Gasteiger partial charge in [-0.2, -0.15) is 5.10 Å². The van der Waals surface area contributed by atoms with Gasteiger partial charge >= 0.3 is 0 Å². The highest BCUT2D eigenvalue weighted by molar-refractivity contribution is 6.31. The zero-order valence-electron chi connectivity index (χ0n) is 25.2. The first-order chi connectivity index (χ1) is 21.0. The normalized spacial score (nSPS) is 11.9. The number of anilines is 1. The van der Waals surface area contributed by atoms with E-state index >= 15 is 0 Å². The number of rotatable bonds is 9. The second kappa shape index (κ2) is 12.7. The Bertz CT molecular complexity index is 1870. The number of hydrogen-bond donors (Lipinski definition) is 2. The lowest BCUT2D eigenvalue weighted by Gasteiger charge is -2.20. The van der Waals surface area contributed by atoms with Gasteiger partial charge < -0.3 is 19.8 Å². The van der Waals surface area contributed by atoms with E-state index in [2.05, 4.69) is 20.7 Å². The van der Waals surface area contributed by atoms with Crippen molar-refractivity contribution in [3.8, 4) is 22.4 Å². The average Bonchev–Trinajstić information content (AvgIpc) is 3.58. The van der Waals surface area contributed by atoms with E-state index in [1.54, 1.807) is 36.1 Å². The fraction of sp³-hybridized carbons (Fsp3) is 0.242. The van der Waals surface area contributed by atoms with E-state index in [4.69, 9.17) is 11.6 Å². The molecule has 2 N–H and O–H groups in total. The number of pyridine rings is 1. The van der Waals surface area contributed by atoms with Crippen molar-refractivity contribution in [3.63, 3.8) is 0 Å². The smallest absolute Gasteiger partial charge is 0.270 e. The number of aryl methyl sites for hydroxylation is 3. The van der Waals surface area contributed by atoms with E-state index < -0.39 is 17.9 Å². The van der Waals surface area contributed by atoms with Gasteiger partial charge in [0, 0.05) is 61.3 Å². The van der Waals surface area contributed by atoms with Crippen LogP contribution in [0.25, 0.3) is 22.4 Å². The standard InChI is InChI=1S/C33H34ClN7O3/c1-20(2)41-18-24(9-13-30(41)42)23-8-12-27(34)25(16-23)17-28(38-33(44)29-14-15-36-40(29)5)32(43)37-26-10-6-22(7-11-26)31-21(3)35-19-39(31)4/h6-16,18-20,28H,17H2,1-5H3,(H,37,43)(H,38,44). The van der Waals surface area contributed by atoms with Crippen molar-refractivity contribution in [2.24, 2.45) is 14.1 Å². The number of carbonyl (C=O) groups is 2. The Balaban J connectivity index is 1.43. The quantitative estimate of drug-likeness (QED) is 0.239. The predicted octanol–water partition coefficient (Wildman–Crippen LogP) is 5.17. The number of nitrogens with one attached hydrogen (secondary N) is 2. The molecule has 3 aromatic heterocycles.